The summed E-state index contributed by atoms with van der Waals surface area (Å²) in [6, 6.07) is 4.03. The zero-order valence-electron chi connectivity index (χ0n) is 12.8. The third kappa shape index (κ3) is 3.00. The molecule has 1 saturated heterocycles. The van der Waals surface area contributed by atoms with Crippen LogP contribution >= 0.6 is 0 Å². The van der Waals surface area contributed by atoms with Crippen molar-refractivity contribution in [2.24, 2.45) is 17.6 Å². The van der Waals surface area contributed by atoms with Crippen LogP contribution < -0.4 is 5.73 Å². The molecule has 1 aliphatic heterocycles. The van der Waals surface area contributed by atoms with E-state index in [9.17, 15) is 13.6 Å². The highest BCUT2D eigenvalue weighted by Crippen LogP contribution is 2.49. The molecule has 5 heteroatoms. The van der Waals surface area contributed by atoms with Crippen LogP contribution in [0.1, 0.15) is 37.7 Å². The van der Waals surface area contributed by atoms with Gasteiger partial charge in [-0.2, -0.15) is 0 Å². The number of nitrogens with zero attached hydrogens (tertiary/aromatic N) is 1. The monoisotopic (exact) mass is 308 g/mol. The maximum atomic E-state index is 13.3. The van der Waals surface area contributed by atoms with Crippen molar-refractivity contribution >= 4 is 5.91 Å². The summed E-state index contributed by atoms with van der Waals surface area (Å²) in [5.74, 6) is -1.25. The molecule has 1 saturated carbocycles. The van der Waals surface area contributed by atoms with Gasteiger partial charge in [0, 0.05) is 25.0 Å². The molecular formula is C17H22F2N2O. The van der Waals surface area contributed by atoms with Crippen molar-refractivity contribution in [2.75, 3.05) is 13.1 Å². The molecule has 2 aliphatic rings. The fraction of sp³-hybridized carbons (Fsp3) is 0.588. The van der Waals surface area contributed by atoms with E-state index in [4.69, 9.17) is 5.73 Å². The molecule has 3 rings (SSSR count). The van der Waals surface area contributed by atoms with Gasteiger partial charge in [0.05, 0.1) is 0 Å². The average molecular weight is 308 g/mol. The largest absolute Gasteiger partial charge is 0.342 e. The Morgan fingerprint density at radius 3 is 2.82 bits per heavy atom. The summed E-state index contributed by atoms with van der Waals surface area (Å²) < 4.78 is 26.3. The summed E-state index contributed by atoms with van der Waals surface area (Å²) in [7, 11) is 0. The summed E-state index contributed by atoms with van der Waals surface area (Å²) in [6.07, 6.45) is 2.78. The molecule has 2 fully saturated rings. The first-order chi connectivity index (χ1) is 10.5. The second-order valence-electron chi connectivity index (χ2n) is 6.67. The van der Waals surface area contributed by atoms with E-state index >= 15 is 0 Å². The highest BCUT2D eigenvalue weighted by molar-refractivity contribution is 5.83. The molecule has 4 atom stereocenters. The lowest BCUT2D eigenvalue weighted by Gasteiger charge is -2.34. The van der Waals surface area contributed by atoms with Crippen molar-refractivity contribution in [3.63, 3.8) is 0 Å². The molecule has 1 aliphatic carbocycles. The van der Waals surface area contributed by atoms with E-state index in [0.29, 0.717) is 5.92 Å². The number of piperidine rings is 1. The lowest BCUT2D eigenvalue weighted by atomic mass is 9.92. The Balaban J connectivity index is 1.63. The van der Waals surface area contributed by atoms with Crippen LogP contribution in [-0.4, -0.2) is 29.9 Å². The molecular weight excluding hydrogens is 286 g/mol. The molecule has 0 radical (unpaired) electrons. The van der Waals surface area contributed by atoms with Crippen LogP contribution in [-0.2, 0) is 4.79 Å². The molecule has 0 unspecified atom stereocenters. The Morgan fingerprint density at radius 1 is 1.36 bits per heavy atom. The Bertz CT molecular complexity index is 576. The highest BCUT2D eigenvalue weighted by Gasteiger charge is 2.46. The fourth-order valence-electron chi connectivity index (χ4n) is 3.45. The van der Waals surface area contributed by atoms with E-state index in [1.54, 1.807) is 6.07 Å². The summed E-state index contributed by atoms with van der Waals surface area (Å²) in [4.78, 5) is 14.5. The molecule has 120 valence electrons. The SMILES string of the molecule is C[C@H](N)[C@@H]1CCCN(C(=O)[C@@H]2C[C@@H]2c2ccc(F)c(F)c2)C1. The van der Waals surface area contributed by atoms with Gasteiger partial charge in [-0.15, -0.1) is 0 Å². The predicted octanol–water partition coefficient (Wildman–Crippen LogP) is 2.65. The number of hydrogen-bond donors (Lipinski definition) is 1. The maximum Gasteiger partial charge on any atom is 0.226 e. The first-order valence-electron chi connectivity index (χ1n) is 7.96. The first-order valence-corrected chi connectivity index (χ1v) is 7.96. The maximum absolute atomic E-state index is 13.3. The summed E-state index contributed by atoms with van der Waals surface area (Å²) in [5, 5.41) is 0. The zero-order chi connectivity index (χ0) is 15.9. The van der Waals surface area contributed by atoms with Gasteiger partial charge in [0.15, 0.2) is 11.6 Å². The third-order valence-electron chi connectivity index (χ3n) is 4.99. The van der Waals surface area contributed by atoms with Gasteiger partial charge in [-0.25, -0.2) is 8.78 Å². The van der Waals surface area contributed by atoms with Crippen molar-refractivity contribution < 1.29 is 13.6 Å². The van der Waals surface area contributed by atoms with Crippen LogP contribution in [0.25, 0.3) is 0 Å². The van der Waals surface area contributed by atoms with Crippen molar-refractivity contribution in [1.29, 1.82) is 0 Å². The molecule has 22 heavy (non-hydrogen) atoms. The molecule has 1 amide bonds. The van der Waals surface area contributed by atoms with Gasteiger partial charge in [-0.3, -0.25) is 4.79 Å². The number of carbonyl (C=O) groups excluding carboxylic acids is 1. The van der Waals surface area contributed by atoms with Crippen molar-refractivity contribution in [1.82, 2.24) is 4.90 Å². The second-order valence-corrected chi connectivity index (χ2v) is 6.67. The molecule has 0 aromatic heterocycles. The molecule has 1 aromatic carbocycles. The van der Waals surface area contributed by atoms with Gasteiger partial charge in [0.2, 0.25) is 5.91 Å². The van der Waals surface area contributed by atoms with Crippen LogP contribution in [0, 0.1) is 23.5 Å². The number of rotatable bonds is 3. The van der Waals surface area contributed by atoms with E-state index in [2.05, 4.69) is 0 Å². The number of likely N-dealkylation sites (tertiary alicyclic amines) is 1. The number of carbonyl (C=O) groups is 1. The average Bonchev–Trinajstić information content (AvgIpc) is 3.30. The van der Waals surface area contributed by atoms with Gasteiger partial charge < -0.3 is 10.6 Å². The highest BCUT2D eigenvalue weighted by atomic mass is 19.2. The molecule has 1 aromatic rings. The van der Waals surface area contributed by atoms with Crippen LogP contribution in [0.3, 0.4) is 0 Å². The number of benzene rings is 1. The number of halogens is 2. The predicted molar refractivity (Wildman–Crippen MR) is 80.2 cm³/mol. The van der Waals surface area contributed by atoms with Crippen molar-refractivity contribution in [3.05, 3.63) is 35.4 Å². The van der Waals surface area contributed by atoms with Gasteiger partial charge >= 0.3 is 0 Å². The zero-order valence-corrected chi connectivity index (χ0v) is 12.8. The van der Waals surface area contributed by atoms with E-state index in [1.807, 2.05) is 11.8 Å². The minimum atomic E-state index is -0.844. The lowest BCUT2D eigenvalue weighted by Crippen LogP contribution is -2.45. The summed E-state index contributed by atoms with van der Waals surface area (Å²) in [5.41, 5.74) is 6.68. The number of nitrogens with two attached hydrogens (primary N) is 1. The van der Waals surface area contributed by atoms with E-state index in [1.165, 1.54) is 6.07 Å². The van der Waals surface area contributed by atoms with Crippen LogP contribution in [0.15, 0.2) is 18.2 Å². The Morgan fingerprint density at radius 2 is 2.14 bits per heavy atom. The molecule has 2 N–H and O–H groups in total. The topological polar surface area (TPSA) is 46.3 Å². The van der Waals surface area contributed by atoms with Crippen LogP contribution in [0.5, 0.6) is 0 Å². The Hall–Kier alpha value is -1.49. The van der Waals surface area contributed by atoms with Gasteiger partial charge in [0.25, 0.3) is 0 Å². The van der Waals surface area contributed by atoms with Crippen LogP contribution in [0.2, 0.25) is 0 Å². The van der Waals surface area contributed by atoms with Gasteiger partial charge in [0.1, 0.15) is 0 Å². The minimum Gasteiger partial charge on any atom is -0.342 e. The van der Waals surface area contributed by atoms with E-state index in [-0.39, 0.29) is 23.8 Å². The summed E-state index contributed by atoms with van der Waals surface area (Å²) in [6.45, 7) is 3.49. The minimum absolute atomic E-state index is 0.0262. The molecule has 1 heterocycles. The second kappa shape index (κ2) is 5.95. The fourth-order valence-corrected chi connectivity index (χ4v) is 3.45. The van der Waals surface area contributed by atoms with Gasteiger partial charge in [-0.05, 0) is 55.7 Å². The summed E-state index contributed by atoms with van der Waals surface area (Å²) >= 11 is 0. The Labute approximate surface area is 129 Å². The molecule has 0 bridgehead atoms. The normalized spacial score (nSPS) is 29.3. The smallest absolute Gasteiger partial charge is 0.226 e. The van der Waals surface area contributed by atoms with Crippen molar-refractivity contribution in [2.45, 2.75) is 38.1 Å². The van der Waals surface area contributed by atoms with Crippen LogP contribution in [0.4, 0.5) is 8.78 Å². The number of amides is 1. The quantitative estimate of drug-likeness (QED) is 0.933. The lowest BCUT2D eigenvalue weighted by molar-refractivity contribution is -0.134. The Kier molecular flexibility index (Phi) is 4.17. The molecule has 3 nitrogen and oxygen atoms in total. The molecule has 0 spiro atoms. The number of hydrogen-bond acceptors (Lipinski definition) is 2. The van der Waals surface area contributed by atoms with Gasteiger partial charge in [-0.1, -0.05) is 6.07 Å². The standard InChI is InChI=1S/C17H22F2N2O/c1-10(20)12-3-2-6-21(9-12)17(22)14-8-13(14)11-4-5-15(18)16(19)7-11/h4-5,7,10,12-14H,2-3,6,8-9,20H2,1H3/t10-,12+,13+,14+/m0/s1. The first kappa shape index (κ1) is 15.4. The third-order valence-corrected chi connectivity index (χ3v) is 4.99. The van der Waals surface area contributed by atoms with E-state index < -0.39 is 11.6 Å². The van der Waals surface area contributed by atoms with Crippen molar-refractivity contribution in [3.8, 4) is 0 Å². The van der Waals surface area contributed by atoms with E-state index in [0.717, 1.165) is 44.0 Å².